The van der Waals surface area contributed by atoms with Gasteiger partial charge >= 0.3 is 0 Å². The molecule has 18 heavy (non-hydrogen) atoms. The molecule has 1 nitrogen and oxygen atoms in total. The van der Waals surface area contributed by atoms with E-state index in [9.17, 15) is 13.6 Å². The average molecular weight is 252 g/mol. The number of hydrogen-bond donors (Lipinski definition) is 0. The molecule has 1 aromatic rings. The molecule has 0 unspecified atom stereocenters. The van der Waals surface area contributed by atoms with Gasteiger partial charge in [0.1, 0.15) is 11.6 Å². The molecule has 0 heterocycles. The Hall–Kier alpha value is -1.25. The van der Waals surface area contributed by atoms with Gasteiger partial charge in [0, 0.05) is 12.5 Å². The Labute approximate surface area is 106 Å². The second-order valence-electron chi connectivity index (χ2n) is 5.21. The van der Waals surface area contributed by atoms with E-state index in [-0.39, 0.29) is 11.3 Å². The molecule has 1 fully saturated rings. The fourth-order valence-electron chi connectivity index (χ4n) is 2.63. The molecule has 1 aliphatic rings. The van der Waals surface area contributed by atoms with Crippen molar-refractivity contribution < 1.29 is 13.6 Å². The van der Waals surface area contributed by atoms with E-state index < -0.39 is 11.6 Å². The van der Waals surface area contributed by atoms with Crippen molar-refractivity contribution in [2.75, 3.05) is 0 Å². The van der Waals surface area contributed by atoms with Gasteiger partial charge in [0.25, 0.3) is 0 Å². The molecule has 0 spiro atoms. The molecule has 1 saturated carbocycles. The lowest BCUT2D eigenvalue weighted by molar-refractivity contribution is 0.0946. The summed E-state index contributed by atoms with van der Waals surface area (Å²) in [5.74, 6) is -1.15. The van der Waals surface area contributed by atoms with Crippen LogP contribution in [0.25, 0.3) is 0 Å². The van der Waals surface area contributed by atoms with Crippen LogP contribution in [0.3, 0.4) is 0 Å². The summed E-state index contributed by atoms with van der Waals surface area (Å²) in [6.07, 6.45) is 6.03. The SMILES string of the molecule is Cc1cc(C(=O)CC2CCCCC2)c(F)cc1F. The third-order valence-electron chi connectivity index (χ3n) is 3.75. The number of ketones is 1. The number of benzene rings is 1. The highest BCUT2D eigenvalue weighted by molar-refractivity contribution is 5.96. The van der Waals surface area contributed by atoms with Crippen LogP contribution in [-0.4, -0.2) is 5.78 Å². The van der Waals surface area contributed by atoms with E-state index in [0.29, 0.717) is 17.9 Å². The molecule has 0 N–H and O–H groups in total. The first-order valence-electron chi connectivity index (χ1n) is 6.57. The highest BCUT2D eigenvalue weighted by Gasteiger charge is 2.20. The third kappa shape index (κ3) is 2.95. The summed E-state index contributed by atoms with van der Waals surface area (Å²) < 4.78 is 26.7. The standard InChI is InChI=1S/C15H18F2O/c1-10-7-12(14(17)9-13(10)16)15(18)8-11-5-3-2-4-6-11/h7,9,11H,2-6,8H2,1H3. The van der Waals surface area contributed by atoms with Gasteiger partial charge in [-0.3, -0.25) is 4.79 Å². The number of halogens is 2. The number of Topliss-reactive ketones (excluding diaryl/α,β-unsaturated/α-hetero) is 1. The van der Waals surface area contributed by atoms with Gasteiger partial charge in [0.05, 0.1) is 5.56 Å². The minimum absolute atomic E-state index is 0.0412. The largest absolute Gasteiger partial charge is 0.294 e. The third-order valence-corrected chi connectivity index (χ3v) is 3.75. The van der Waals surface area contributed by atoms with Gasteiger partial charge in [-0.05, 0) is 24.5 Å². The second-order valence-corrected chi connectivity index (χ2v) is 5.21. The van der Waals surface area contributed by atoms with Crippen LogP contribution in [0.1, 0.15) is 54.4 Å². The minimum Gasteiger partial charge on any atom is -0.294 e. The molecule has 0 atom stereocenters. The van der Waals surface area contributed by atoms with Crippen molar-refractivity contribution in [3.05, 3.63) is 34.9 Å². The summed E-state index contributed by atoms with van der Waals surface area (Å²) in [5, 5.41) is 0. The fraction of sp³-hybridized carbons (Fsp3) is 0.533. The first-order valence-corrected chi connectivity index (χ1v) is 6.57. The summed E-state index contributed by atoms with van der Waals surface area (Å²) in [4.78, 5) is 12.0. The number of aryl methyl sites for hydroxylation is 1. The topological polar surface area (TPSA) is 17.1 Å². The number of rotatable bonds is 3. The van der Waals surface area contributed by atoms with Crippen LogP contribution < -0.4 is 0 Å². The first-order chi connectivity index (χ1) is 8.58. The van der Waals surface area contributed by atoms with E-state index in [4.69, 9.17) is 0 Å². The number of carbonyl (C=O) groups excluding carboxylic acids is 1. The molecule has 3 heteroatoms. The Morgan fingerprint density at radius 2 is 1.83 bits per heavy atom. The summed E-state index contributed by atoms with van der Waals surface area (Å²) in [6, 6.07) is 2.14. The van der Waals surface area contributed by atoms with Gasteiger partial charge < -0.3 is 0 Å². The van der Waals surface area contributed by atoms with Gasteiger partial charge in [0.15, 0.2) is 5.78 Å². The monoisotopic (exact) mass is 252 g/mol. The Balaban J connectivity index is 2.10. The zero-order chi connectivity index (χ0) is 13.1. The van der Waals surface area contributed by atoms with Gasteiger partial charge in [-0.15, -0.1) is 0 Å². The molecule has 1 aliphatic carbocycles. The molecular formula is C15H18F2O. The Morgan fingerprint density at radius 3 is 2.50 bits per heavy atom. The van der Waals surface area contributed by atoms with Crippen molar-refractivity contribution in [3.63, 3.8) is 0 Å². The lowest BCUT2D eigenvalue weighted by Crippen LogP contribution is -2.13. The van der Waals surface area contributed by atoms with Crippen LogP contribution >= 0.6 is 0 Å². The van der Waals surface area contributed by atoms with Crippen LogP contribution in [0.5, 0.6) is 0 Å². The molecule has 2 rings (SSSR count). The molecule has 0 bridgehead atoms. The quantitative estimate of drug-likeness (QED) is 0.727. The Morgan fingerprint density at radius 1 is 1.17 bits per heavy atom. The van der Waals surface area contributed by atoms with Gasteiger partial charge in [-0.2, -0.15) is 0 Å². The molecule has 98 valence electrons. The molecular weight excluding hydrogens is 234 g/mol. The van der Waals surface area contributed by atoms with Crippen LogP contribution in [-0.2, 0) is 0 Å². The number of hydrogen-bond acceptors (Lipinski definition) is 1. The smallest absolute Gasteiger partial charge is 0.166 e. The molecule has 0 aromatic heterocycles. The molecule has 0 amide bonds. The van der Waals surface area contributed by atoms with Crippen LogP contribution in [0, 0.1) is 24.5 Å². The van der Waals surface area contributed by atoms with Crippen LogP contribution in [0.4, 0.5) is 8.78 Å². The van der Waals surface area contributed by atoms with E-state index in [0.717, 1.165) is 31.7 Å². The predicted octanol–water partition coefficient (Wildman–Crippen LogP) is 4.43. The second kappa shape index (κ2) is 5.59. The summed E-state index contributed by atoms with van der Waals surface area (Å²) in [6.45, 7) is 1.55. The van der Waals surface area contributed by atoms with Gasteiger partial charge in [-0.1, -0.05) is 32.1 Å². The fourth-order valence-corrected chi connectivity index (χ4v) is 2.63. The maximum absolute atomic E-state index is 13.6. The van der Waals surface area contributed by atoms with Crippen molar-refractivity contribution >= 4 is 5.78 Å². The van der Waals surface area contributed by atoms with Gasteiger partial charge in [-0.25, -0.2) is 8.78 Å². The van der Waals surface area contributed by atoms with Crippen LogP contribution in [0.2, 0.25) is 0 Å². The molecule has 1 aromatic carbocycles. The number of carbonyl (C=O) groups is 1. The lowest BCUT2D eigenvalue weighted by atomic mass is 9.84. The first kappa shape index (κ1) is 13.2. The van der Waals surface area contributed by atoms with E-state index in [1.807, 2.05) is 0 Å². The van der Waals surface area contributed by atoms with Crippen molar-refractivity contribution in [2.24, 2.45) is 5.92 Å². The maximum Gasteiger partial charge on any atom is 0.166 e. The predicted molar refractivity (Wildman–Crippen MR) is 66.6 cm³/mol. The maximum atomic E-state index is 13.6. The van der Waals surface area contributed by atoms with E-state index >= 15 is 0 Å². The highest BCUT2D eigenvalue weighted by atomic mass is 19.1. The Bertz CT molecular complexity index is 448. The van der Waals surface area contributed by atoms with Crippen LogP contribution in [0.15, 0.2) is 12.1 Å². The Kier molecular flexibility index (Phi) is 4.10. The van der Waals surface area contributed by atoms with E-state index in [1.165, 1.54) is 12.5 Å². The van der Waals surface area contributed by atoms with E-state index in [2.05, 4.69) is 0 Å². The van der Waals surface area contributed by atoms with Gasteiger partial charge in [0.2, 0.25) is 0 Å². The minimum atomic E-state index is -0.737. The lowest BCUT2D eigenvalue weighted by Gasteiger charge is -2.20. The molecule has 0 saturated heterocycles. The molecule has 0 radical (unpaired) electrons. The summed E-state index contributed by atoms with van der Waals surface area (Å²) >= 11 is 0. The van der Waals surface area contributed by atoms with Crippen molar-refractivity contribution in [1.82, 2.24) is 0 Å². The zero-order valence-corrected chi connectivity index (χ0v) is 10.6. The van der Waals surface area contributed by atoms with Crippen molar-refractivity contribution in [1.29, 1.82) is 0 Å². The summed E-state index contributed by atoms with van der Waals surface area (Å²) in [7, 11) is 0. The van der Waals surface area contributed by atoms with E-state index in [1.54, 1.807) is 6.92 Å². The van der Waals surface area contributed by atoms with Crippen molar-refractivity contribution in [2.45, 2.75) is 45.4 Å². The van der Waals surface area contributed by atoms with Crippen molar-refractivity contribution in [3.8, 4) is 0 Å². The highest BCUT2D eigenvalue weighted by Crippen LogP contribution is 2.28. The summed E-state index contributed by atoms with van der Waals surface area (Å²) in [5.41, 5.74) is 0.364. The molecule has 0 aliphatic heterocycles. The normalized spacial score (nSPS) is 16.8. The average Bonchev–Trinajstić information content (AvgIpc) is 2.35. The zero-order valence-electron chi connectivity index (χ0n) is 10.6.